The minimum Gasteiger partial charge on any atom is -0.477 e. The first kappa shape index (κ1) is 16.0. The van der Waals surface area contributed by atoms with Crippen LogP contribution in [0.15, 0.2) is 17.2 Å². The molecule has 0 aliphatic carbocycles. The monoisotopic (exact) mass is 316 g/mol. The van der Waals surface area contributed by atoms with Crippen LogP contribution in [0.5, 0.6) is 0 Å². The lowest BCUT2D eigenvalue weighted by Gasteiger charge is -2.31. The molecule has 21 heavy (non-hydrogen) atoms. The van der Waals surface area contributed by atoms with E-state index in [-0.39, 0.29) is 10.6 Å². The number of aromatic carboxylic acids is 1. The van der Waals surface area contributed by atoms with Crippen molar-refractivity contribution < 1.29 is 18.3 Å². The van der Waals surface area contributed by atoms with Gasteiger partial charge in [0.1, 0.15) is 10.6 Å². The van der Waals surface area contributed by atoms with E-state index in [2.05, 4.69) is 9.73 Å². The summed E-state index contributed by atoms with van der Waals surface area (Å²) in [5.41, 5.74) is -0.0312. The SMILES string of the molecule is CCn1cc(S(=O)(=O)NN2CCN(C)CC2)cc1C(=O)O. The van der Waals surface area contributed by atoms with Crippen molar-refractivity contribution in [3.63, 3.8) is 0 Å². The molecule has 2 rings (SSSR count). The summed E-state index contributed by atoms with van der Waals surface area (Å²) in [4.78, 5) is 15.7. The molecule has 118 valence electrons. The smallest absolute Gasteiger partial charge is 0.352 e. The second-order valence-electron chi connectivity index (χ2n) is 5.04. The number of sulfonamides is 1. The van der Waals surface area contributed by atoms with Gasteiger partial charge in [0.2, 0.25) is 0 Å². The van der Waals surface area contributed by atoms with Gasteiger partial charge in [-0.2, -0.15) is 0 Å². The number of rotatable bonds is 5. The number of carboxylic acid groups (broad SMARTS) is 1. The lowest BCUT2D eigenvalue weighted by Crippen LogP contribution is -2.52. The molecule has 2 heterocycles. The first-order valence-corrected chi connectivity index (χ1v) is 8.21. The van der Waals surface area contributed by atoms with E-state index in [0.29, 0.717) is 19.6 Å². The fourth-order valence-electron chi connectivity index (χ4n) is 2.19. The quantitative estimate of drug-likeness (QED) is 0.771. The van der Waals surface area contributed by atoms with Crippen molar-refractivity contribution in [2.75, 3.05) is 33.2 Å². The number of hydrazine groups is 1. The number of piperazine rings is 1. The first-order valence-electron chi connectivity index (χ1n) is 6.73. The maximum absolute atomic E-state index is 12.3. The van der Waals surface area contributed by atoms with Crippen LogP contribution in [0.25, 0.3) is 0 Å². The van der Waals surface area contributed by atoms with E-state index in [1.54, 1.807) is 11.9 Å². The first-order chi connectivity index (χ1) is 9.83. The van der Waals surface area contributed by atoms with E-state index in [0.717, 1.165) is 13.1 Å². The van der Waals surface area contributed by atoms with E-state index in [9.17, 15) is 13.2 Å². The molecule has 0 bridgehead atoms. The Hall–Kier alpha value is -1.42. The Labute approximate surface area is 124 Å². The molecule has 1 saturated heterocycles. The molecule has 1 aromatic rings. The van der Waals surface area contributed by atoms with Gasteiger partial charge in [-0.1, -0.05) is 0 Å². The van der Waals surface area contributed by atoms with Gasteiger partial charge >= 0.3 is 5.97 Å². The van der Waals surface area contributed by atoms with Crippen LogP contribution in [0.3, 0.4) is 0 Å². The molecule has 0 radical (unpaired) electrons. The third kappa shape index (κ3) is 3.62. The van der Waals surface area contributed by atoms with Crippen LogP contribution in [0.2, 0.25) is 0 Å². The van der Waals surface area contributed by atoms with Crippen molar-refractivity contribution >= 4 is 16.0 Å². The number of hydrogen-bond donors (Lipinski definition) is 2. The Kier molecular flexibility index (Phi) is 4.67. The average molecular weight is 316 g/mol. The fourth-order valence-corrected chi connectivity index (χ4v) is 3.35. The largest absolute Gasteiger partial charge is 0.477 e. The molecule has 0 spiro atoms. The van der Waals surface area contributed by atoms with Crippen molar-refractivity contribution in [2.45, 2.75) is 18.4 Å². The van der Waals surface area contributed by atoms with Gasteiger partial charge in [-0.25, -0.2) is 18.2 Å². The lowest BCUT2D eigenvalue weighted by molar-refractivity contribution is 0.0685. The van der Waals surface area contributed by atoms with Gasteiger partial charge in [-0.3, -0.25) is 0 Å². The summed E-state index contributed by atoms with van der Waals surface area (Å²) >= 11 is 0. The highest BCUT2D eigenvalue weighted by molar-refractivity contribution is 7.89. The molecular formula is C12H20N4O4S. The summed E-state index contributed by atoms with van der Waals surface area (Å²) in [5.74, 6) is -1.14. The second kappa shape index (κ2) is 6.14. The van der Waals surface area contributed by atoms with Crippen LogP contribution in [0, 0.1) is 0 Å². The lowest BCUT2D eigenvalue weighted by atomic mass is 10.4. The fraction of sp³-hybridized carbons (Fsp3) is 0.583. The molecule has 8 nitrogen and oxygen atoms in total. The molecule has 0 unspecified atom stereocenters. The highest BCUT2D eigenvalue weighted by atomic mass is 32.2. The Balaban J connectivity index is 2.18. The van der Waals surface area contributed by atoms with Gasteiger partial charge in [-0.15, -0.1) is 4.83 Å². The van der Waals surface area contributed by atoms with Crippen LogP contribution in [0.1, 0.15) is 17.4 Å². The van der Waals surface area contributed by atoms with Crippen molar-refractivity contribution in [1.82, 2.24) is 19.3 Å². The van der Waals surface area contributed by atoms with E-state index in [4.69, 9.17) is 5.11 Å². The number of nitrogens with one attached hydrogen (secondary N) is 1. The molecule has 1 aromatic heterocycles. The van der Waals surface area contributed by atoms with Crippen LogP contribution in [-0.4, -0.2) is 67.2 Å². The topological polar surface area (TPSA) is 94.9 Å². The Morgan fingerprint density at radius 2 is 1.95 bits per heavy atom. The minimum absolute atomic E-state index is 0.0271. The summed E-state index contributed by atoms with van der Waals surface area (Å²) < 4.78 is 26.0. The van der Waals surface area contributed by atoms with Crippen LogP contribution in [-0.2, 0) is 16.6 Å². The maximum Gasteiger partial charge on any atom is 0.352 e. The highest BCUT2D eigenvalue weighted by Gasteiger charge is 2.24. The molecule has 0 atom stereocenters. The van der Waals surface area contributed by atoms with Crippen molar-refractivity contribution in [2.24, 2.45) is 0 Å². The van der Waals surface area contributed by atoms with Crippen molar-refractivity contribution in [3.8, 4) is 0 Å². The number of aryl methyl sites for hydroxylation is 1. The van der Waals surface area contributed by atoms with Crippen molar-refractivity contribution in [3.05, 3.63) is 18.0 Å². The normalized spacial score (nSPS) is 18.0. The molecule has 0 aromatic carbocycles. The number of aromatic nitrogens is 1. The second-order valence-corrected chi connectivity index (χ2v) is 6.70. The zero-order valence-corrected chi connectivity index (χ0v) is 12.9. The predicted molar refractivity (Wildman–Crippen MR) is 76.5 cm³/mol. The molecular weight excluding hydrogens is 296 g/mol. The van der Waals surface area contributed by atoms with Crippen LogP contribution in [0.4, 0.5) is 0 Å². The number of likely N-dealkylation sites (N-methyl/N-ethyl adjacent to an activating group) is 1. The van der Waals surface area contributed by atoms with E-state index < -0.39 is 16.0 Å². The molecule has 1 fully saturated rings. The number of carbonyl (C=O) groups is 1. The Morgan fingerprint density at radius 3 is 2.43 bits per heavy atom. The zero-order chi connectivity index (χ0) is 15.6. The molecule has 0 amide bonds. The Bertz CT molecular complexity index is 617. The molecule has 9 heteroatoms. The average Bonchev–Trinajstić information content (AvgIpc) is 2.86. The molecule has 1 aliphatic rings. The summed E-state index contributed by atoms with van der Waals surface area (Å²) in [7, 11) is -1.77. The van der Waals surface area contributed by atoms with E-state index in [1.807, 2.05) is 7.05 Å². The van der Waals surface area contributed by atoms with Crippen LogP contribution < -0.4 is 4.83 Å². The van der Waals surface area contributed by atoms with Gasteiger partial charge in [0.25, 0.3) is 10.0 Å². The van der Waals surface area contributed by atoms with Crippen molar-refractivity contribution in [1.29, 1.82) is 0 Å². The molecule has 2 N–H and O–H groups in total. The summed E-state index contributed by atoms with van der Waals surface area (Å²) in [6.07, 6.45) is 1.35. The predicted octanol–water partition coefficient (Wildman–Crippen LogP) is -0.353. The number of hydrogen-bond acceptors (Lipinski definition) is 5. The summed E-state index contributed by atoms with van der Waals surface area (Å²) in [6.45, 7) is 4.89. The number of carboxylic acids is 1. The summed E-state index contributed by atoms with van der Waals surface area (Å²) in [6, 6.07) is 1.18. The molecule has 0 saturated carbocycles. The number of nitrogens with zero attached hydrogens (tertiary/aromatic N) is 3. The van der Waals surface area contributed by atoms with Crippen LogP contribution >= 0.6 is 0 Å². The highest BCUT2D eigenvalue weighted by Crippen LogP contribution is 2.15. The summed E-state index contributed by atoms with van der Waals surface area (Å²) in [5, 5.41) is 10.7. The standard InChI is InChI=1S/C12H20N4O4S/c1-3-15-9-10(8-11(15)12(17)18)21(19,20)13-16-6-4-14(2)5-7-16/h8-9,13H,3-7H2,1-2H3,(H,17,18). The maximum atomic E-state index is 12.3. The molecule has 1 aliphatic heterocycles. The van der Waals surface area contributed by atoms with E-state index >= 15 is 0 Å². The zero-order valence-electron chi connectivity index (χ0n) is 12.1. The van der Waals surface area contributed by atoms with E-state index in [1.165, 1.54) is 16.8 Å². The minimum atomic E-state index is -3.75. The Morgan fingerprint density at radius 1 is 1.33 bits per heavy atom. The van der Waals surface area contributed by atoms with Gasteiger partial charge in [-0.05, 0) is 20.0 Å². The van der Waals surface area contributed by atoms with Gasteiger partial charge in [0.15, 0.2) is 0 Å². The third-order valence-electron chi connectivity index (χ3n) is 3.49. The van der Waals surface area contributed by atoms with Gasteiger partial charge in [0, 0.05) is 38.9 Å². The third-order valence-corrected chi connectivity index (χ3v) is 4.84. The van der Waals surface area contributed by atoms with Gasteiger partial charge in [0.05, 0.1) is 0 Å². The van der Waals surface area contributed by atoms with Gasteiger partial charge < -0.3 is 14.6 Å².